The van der Waals surface area contributed by atoms with Gasteiger partial charge in [0.15, 0.2) is 11.6 Å². The molecule has 0 aliphatic heterocycles. The summed E-state index contributed by atoms with van der Waals surface area (Å²) < 4.78 is 68.6. The third-order valence-electron chi connectivity index (χ3n) is 2.24. The number of hydrogen-bond donors (Lipinski definition) is 0. The lowest BCUT2D eigenvalue weighted by molar-refractivity contribution is -0.137. The van der Waals surface area contributed by atoms with Gasteiger partial charge in [0, 0.05) is 16.7 Å². The molecule has 1 aromatic carbocycles. The zero-order chi connectivity index (χ0) is 14.9. The van der Waals surface area contributed by atoms with Gasteiger partial charge in [0.2, 0.25) is 11.7 Å². The first-order valence-corrected chi connectivity index (χ1v) is 5.92. The van der Waals surface area contributed by atoms with Crippen LogP contribution < -0.4 is 4.74 Å². The molecule has 1 heterocycles. The van der Waals surface area contributed by atoms with E-state index < -0.39 is 29.1 Å². The van der Waals surface area contributed by atoms with Crippen LogP contribution >= 0.6 is 15.9 Å². The highest BCUT2D eigenvalue weighted by atomic mass is 79.9. The van der Waals surface area contributed by atoms with Crippen molar-refractivity contribution < 1.29 is 26.7 Å². The first-order valence-electron chi connectivity index (χ1n) is 5.13. The molecule has 20 heavy (non-hydrogen) atoms. The van der Waals surface area contributed by atoms with Gasteiger partial charge < -0.3 is 4.74 Å². The van der Waals surface area contributed by atoms with Crippen LogP contribution in [0.25, 0.3) is 0 Å². The lowest BCUT2D eigenvalue weighted by Gasteiger charge is -2.09. The predicted octanol–water partition coefficient (Wildman–Crippen LogP) is 4.93. The molecule has 1 aromatic heterocycles. The van der Waals surface area contributed by atoms with Gasteiger partial charge in [0.05, 0.1) is 5.56 Å². The first-order chi connectivity index (χ1) is 9.27. The van der Waals surface area contributed by atoms with Crippen molar-refractivity contribution in [3.05, 3.63) is 52.1 Å². The minimum atomic E-state index is -4.53. The summed E-state index contributed by atoms with van der Waals surface area (Å²) in [6.07, 6.45) is -3.99. The second-order valence-electron chi connectivity index (χ2n) is 3.68. The summed E-state index contributed by atoms with van der Waals surface area (Å²) in [5, 5.41) is 0. The fraction of sp³-hybridized carbons (Fsp3) is 0.0833. The van der Waals surface area contributed by atoms with Gasteiger partial charge in [0.1, 0.15) is 0 Å². The summed E-state index contributed by atoms with van der Waals surface area (Å²) in [5.41, 5.74) is -0.967. The summed E-state index contributed by atoms with van der Waals surface area (Å²) in [6, 6.07) is 3.68. The fourth-order valence-electron chi connectivity index (χ4n) is 1.33. The van der Waals surface area contributed by atoms with Crippen LogP contribution in [0.5, 0.6) is 11.6 Å². The number of ether oxygens (including phenoxy) is 1. The Morgan fingerprint density at radius 2 is 1.80 bits per heavy atom. The van der Waals surface area contributed by atoms with E-state index in [2.05, 4.69) is 20.9 Å². The molecule has 0 spiro atoms. The molecule has 0 N–H and O–H groups in total. The molecule has 2 aromatic rings. The van der Waals surface area contributed by atoms with Crippen LogP contribution in [0.2, 0.25) is 0 Å². The number of benzene rings is 1. The van der Waals surface area contributed by atoms with Crippen LogP contribution in [0.15, 0.2) is 34.9 Å². The fourth-order valence-corrected chi connectivity index (χ4v) is 1.74. The van der Waals surface area contributed by atoms with Crippen molar-refractivity contribution in [2.24, 2.45) is 0 Å². The number of halogens is 6. The summed E-state index contributed by atoms with van der Waals surface area (Å²) in [5.74, 6) is -3.17. The molecule has 0 fully saturated rings. The van der Waals surface area contributed by atoms with Gasteiger partial charge in [-0.05, 0) is 18.2 Å². The third-order valence-corrected chi connectivity index (χ3v) is 2.70. The molecule has 0 aliphatic rings. The van der Waals surface area contributed by atoms with Crippen LogP contribution in [-0.4, -0.2) is 4.98 Å². The Morgan fingerprint density at radius 3 is 2.35 bits per heavy atom. The number of nitrogens with zero attached hydrogens (tertiary/aromatic N) is 1. The Labute approximate surface area is 118 Å². The summed E-state index contributed by atoms with van der Waals surface area (Å²) >= 11 is 2.94. The maximum Gasteiger partial charge on any atom is 0.417 e. The number of aromatic nitrogens is 1. The highest BCUT2D eigenvalue weighted by Gasteiger charge is 2.30. The van der Waals surface area contributed by atoms with Gasteiger partial charge >= 0.3 is 6.18 Å². The number of hydrogen-bond acceptors (Lipinski definition) is 2. The van der Waals surface area contributed by atoms with Crippen molar-refractivity contribution in [1.82, 2.24) is 4.98 Å². The second-order valence-corrected chi connectivity index (χ2v) is 4.60. The standard InChI is InChI=1S/C12H5BrF5NO/c13-7-3-8(14)11(15)9(4-7)20-10-2-1-6(5-19-10)12(16,17)18/h1-5H. The predicted molar refractivity (Wildman–Crippen MR) is 63.4 cm³/mol. The smallest absolute Gasteiger partial charge is 0.417 e. The average molecular weight is 354 g/mol. The van der Waals surface area contributed by atoms with Crippen LogP contribution in [0, 0.1) is 11.6 Å². The minimum absolute atomic E-state index is 0.221. The molecule has 0 atom stereocenters. The van der Waals surface area contributed by atoms with Crippen LogP contribution in [-0.2, 0) is 6.18 Å². The summed E-state index contributed by atoms with van der Waals surface area (Å²) in [6.45, 7) is 0. The van der Waals surface area contributed by atoms with E-state index in [9.17, 15) is 22.0 Å². The van der Waals surface area contributed by atoms with E-state index in [4.69, 9.17) is 4.74 Å². The lowest BCUT2D eigenvalue weighted by atomic mass is 10.3. The maximum absolute atomic E-state index is 13.4. The lowest BCUT2D eigenvalue weighted by Crippen LogP contribution is -2.05. The van der Waals surface area contributed by atoms with Gasteiger partial charge in [-0.15, -0.1) is 0 Å². The zero-order valence-corrected chi connectivity index (χ0v) is 11.1. The molecular weight excluding hydrogens is 349 g/mol. The number of alkyl halides is 3. The minimum Gasteiger partial charge on any atom is -0.436 e. The van der Waals surface area contributed by atoms with E-state index in [0.717, 1.165) is 24.3 Å². The van der Waals surface area contributed by atoms with Crippen LogP contribution in [0.3, 0.4) is 0 Å². The number of pyridine rings is 1. The van der Waals surface area contributed by atoms with Gasteiger partial charge in [-0.3, -0.25) is 0 Å². The molecule has 8 heteroatoms. The van der Waals surface area contributed by atoms with Crippen molar-refractivity contribution in [3.63, 3.8) is 0 Å². The van der Waals surface area contributed by atoms with Crippen LogP contribution in [0.1, 0.15) is 5.56 Å². The van der Waals surface area contributed by atoms with E-state index >= 15 is 0 Å². The van der Waals surface area contributed by atoms with Crippen molar-refractivity contribution >= 4 is 15.9 Å². The molecule has 0 bridgehead atoms. The SMILES string of the molecule is Fc1cc(Br)cc(Oc2ccc(C(F)(F)F)cn2)c1F. The van der Waals surface area contributed by atoms with Crippen molar-refractivity contribution in [3.8, 4) is 11.6 Å². The first kappa shape index (κ1) is 14.7. The molecule has 0 saturated carbocycles. The summed E-state index contributed by atoms with van der Waals surface area (Å²) in [4.78, 5) is 3.39. The quantitative estimate of drug-likeness (QED) is 0.563. The molecule has 106 valence electrons. The van der Waals surface area contributed by atoms with Crippen molar-refractivity contribution in [2.75, 3.05) is 0 Å². The van der Waals surface area contributed by atoms with E-state index in [1.807, 2.05) is 0 Å². The van der Waals surface area contributed by atoms with Crippen molar-refractivity contribution in [1.29, 1.82) is 0 Å². The highest BCUT2D eigenvalue weighted by Crippen LogP contribution is 2.31. The third kappa shape index (κ3) is 3.24. The Hall–Kier alpha value is -1.70. The van der Waals surface area contributed by atoms with Gasteiger partial charge in [-0.2, -0.15) is 17.6 Å². The molecule has 0 radical (unpaired) electrons. The van der Waals surface area contributed by atoms with E-state index in [0.29, 0.717) is 6.20 Å². The maximum atomic E-state index is 13.4. The van der Waals surface area contributed by atoms with E-state index in [-0.39, 0.29) is 10.4 Å². The van der Waals surface area contributed by atoms with Gasteiger partial charge in [-0.25, -0.2) is 9.37 Å². The number of rotatable bonds is 2. The van der Waals surface area contributed by atoms with Gasteiger partial charge in [0.25, 0.3) is 0 Å². The Balaban J connectivity index is 2.27. The van der Waals surface area contributed by atoms with E-state index in [1.165, 1.54) is 0 Å². The molecular formula is C12H5BrF5NO. The zero-order valence-electron chi connectivity index (χ0n) is 9.51. The molecule has 0 saturated heterocycles. The highest BCUT2D eigenvalue weighted by molar-refractivity contribution is 9.10. The largest absolute Gasteiger partial charge is 0.436 e. The summed E-state index contributed by atoms with van der Waals surface area (Å²) in [7, 11) is 0. The van der Waals surface area contributed by atoms with E-state index in [1.54, 1.807) is 0 Å². The van der Waals surface area contributed by atoms with Gasteiger partial charge in [-0.1, -0.05) is 15.9 Å². The normalized spacial score (nSPS) is 11.5. The van der Waals surface area contributed by atoms with Crippen molar-refractivity contribution in [2.45, 2.75) is 6.18 Å². The molecule has 2 nitrogen and oxygen atoms in total. The topological polar surface area (TPSA) is 22.1 Å². The molecule has 0 aliphatic carbocycles. The monoisotopic (exact) mass is 353 g/mol. The Morgan fingerprint density at radius 1 is 1.10 bits per heavy atom. The van der Waals surface area contributed by atoms with Crippen LogP contribution in [0.4, 0.5) is 22.0 Å². The molecule has 2 rings (SSSR count). The Kier molecular flexibility index (Phi) is 3.94. The molecule has 0 unspecified atom stereocenters. The average Bonchev–Trinajstić information content (AvgIpc) is 2.35. The second kappa shape index (κ2) is 5.35. The Bertz CT molecular complexity index is 627. The molecule has 0 amide bonds.